The van der Waals surface area contributed by atoms with Gasteiger partial charge in [-0.3, -0.25) is 4.79 Å². The van der Waals surface area contributed by atoms with E-state index in [0.717, 1.165) is 35.3 Å². The maximum Gasteiger partial charge on any atom is 0.341 e. The Kier molecular flexibility index (Phi) is 6.62. The number of nitrogens with one attached hydrogen (secondary N) is 1. The highest BCUT2D eigenvalue weighted by Gasteiger charge is 2.29. The molecule has 0 radical (unpaired) electrons. The quantitative estimate of drug-likeness (QED) is 0.664. The highest BCUT2D eigenvalue weighted by molar-refractivity contribution is 7.17. The lowest BCUT2D eigenvalue weighted by Crippen LogP contribution is -2.21. The first-order valence-corrected chi connectivity index (χ1v) is 10.6. The molecule has 0 saturated carbocycles. The summed E-state index contributed by atoms with van der Waals surface area (Å²) in [5.74, 6) is 0.483. The standard InChI is InChI=1S/C21H24ClNO4S/c1-4-26-21(25)19-15-7-5-12(2)9-17(15)28-20(19)23-18(24)11-27-16-8-6-14(22)10-13(16)3/h6,8,10,12H,4-5,7,9,11H2,1-3H3,(H,23,24). The largest absolute Gasteiger partial charge is 0.483 e. The number of halogens is 1. The molecule has 7 heteroatoms. The summed E-state index contributed by atoms with van der Waals surface area (Å²) in [4.78, 5) is 26.1. The number of amides is 1. The maximum atomic E-state index is 12.5. The van der Waals surface area contributed by atoms with Crippen LogP contribution >= 0.6 is 22.9 Å². The van der Waals surface area contributed by atoms with Crippen LogP contribution in [0.3, 0.4) is 0 Å². The van der Waals surface area contributed by atoms with E-state index in [1.807, 2.05) is 6.92 Å². The number of thiophene rings is 1. The number of aryl methyl sites for hydroxylation is 1. The van der Waals surface area contributed by atoms with Gasteiger partial charge in [0, 0.05) is 9.90 Å². The Balaban J connectivity index is 1.75. The van der Waals surface area contributed by atoms with Crippen molar-refractivity contribution in [1.82, 2.24) is 0 Å². The number of hydrogen-bond acceptors (Lipinski definition) is 5. The van der Waals surface area contributed by atoms with Crippen molar-refractivity contribution in [2.24, 2.45) is 5.92 Å². The second kappa shape index (κ2) is 8.97. The molecule has 1 aromatic heterocycles. The topological polar surface area (TPSA) is 64.6 Å². The van der Waals surface area contributed by atoms with Crippen molar-refractivity contribution in [3.8, 4) is 5.75 Å². The Hall–Kier alpha value is -2.05. The Morgan fingerprint density at radius 2 is 2.14 bits per heavy atom. The fourth-order valence-electron chi connectivity index (χ4n) is 3.34. The lowest BCUT2D eigenvalue weighted by atomic mass is 9.88. The van der Waals surface area contributed by atoms with Gasteiger partial charge in [-0.1, -0.05) is 18.5 Å². The maximum absolute atomic E-state index is 12.5. The molecule has 3 rings (SSSR count). The zero-order chi connectivity index (χ0) is 20.3. The molecule has 0 aliphatic heterocycles. The average Bonchev–Trinajstić information content (AvgIpc) is 2.97. The summed E-state index contributed by atoms with van der Waals surface area (Å²) in [6.45, 7) is 5.99. The second-order valence-corrected chi connectivity index (χ2v) is 8.56. The predicted molar refractivity (Wildman–Crippen MR) is 112 cm³/mol. The molecule has 1 unspecified atom stereocenters. The molecule has 5 nitrogen and oxygen atoms in total. The van der Waals surface area contributed by atoms with Gasteiger partial charge in [0.05, 0.1) is 12.2 Å². The lowest BCUT2D eigenvalue weighted by Gasteiger charge is -2.18. The smallest absolute Gasteiger partial charge is 0.341 e. The third kappa shape index (κ3) is 4.67. The summed E-state index contributed by atoms with van der Waals surface area (Å²) in [6.07, 6.45) is 2.78. The Morgan fingerprint density at radius 3 is 2.86 bits per heavy atom. The fraction of sp³-hybridized carbons (Fsp3) is 0.429. The van der Waals surface area contributed by atoms with Gasteiger partial charge >= 0.3 is 5.97 Å². The molecule has 0 saturated heterocycles. The van der Waals surface area contributed by atoms with E-state index in [9.17, 15) is 9.59 Å². The van der Waals surface area contributed by atoms with E-state index in [2.05, 4.69) is 12.2 Å². The van der Waals surface area contributed by atoms with Crippen molar-refractivity contribution < 1.29 is 19.1 Å². The molecule has 1 N–H and O–H groups in total. The van der Waals surface area contributed by atoms with E-state index in [0.29, 0.717) is 33.9 Å². The van der Waals surface area contributed by atoms with Gasteiger partial charge in [-0.15, -0.1) is 11.3 Å². The van der Waals surface area contributed by atoms with Crippen LogP contribution in [0.15, 0.2) is 18.2 Å². The Morgan fingerprint density at radius 1 is 1.36 bits per heavy atom. The number of benzene rings is 1. The van der Waals surface area contributed by atoms with Gasteiger partial charge in [0.15, 0.2) is 6.61 Å². The Bertz CT molecular complexity index is 893. The lowest BCUT2D eigenvalue weighted by molar-refractivity contribution is -0.118. The Labute approximate surface area is 174 Å². The van der Waals surface area contributed by atoms with Crippen molar-refractivity contribution in [1.29, 1.82) is 0 Å². The first-order valence-electron chi connectivity index (χ1n) is 9.39. The third-order valence-corrected chi connectivity index (χ3v) is 6.14. The van der Waals surface area contributed by atoms with E-state index >= 15 is 0 Å². The van der Waals surface area contributed by atoms with Crippen LogP contribution in [0.4, 0.5) is 5.00 Å². The van der Waals surface area contributed by atoms with E-state index < -0.39 is 0 Å². The number of rotatable bonds is 6. The van der Waals surface area contributed by atoms with Crippen LogP contribution in [0.5, 0.6) is 5.75 Å². The number of fused-ring (bicyclic) bond motifs is 1. The van der Waals surface area contributed by atoms with Crippen LogP contribution in [-0.2, 0) is 22.4 Å². The number of carbonyl (C=O) groups excluding carboxylic acids is 2. The monoisotopic (exact) mass is 421 g/mol. The number of esters is 1. The molecule has 150 valence electrons. The van der Waals surface area contributed by atoms with Crippen molar-refractivity contribution in [2.75, 3.05) is 18.5 Å². The van der Waals surface area contributed by atoms with Crippen molar-refractivity contribution in [3.63, 3.8) is 0 Å². The molecule has 1 heterocycles. The zero-order valence-corrected chi connectivity index (χ0v) is 17.8. The number of hydrogen-bond donors (Lipinski definition) is 1. The van der Waals surface area contributed by atoms with E-state index in [-0.39, 0.29) is 18.5 Å². The van der Waals surface area contributed by atoms with Crippen molar-refractivity contribution in [3.05, 3.63) is 44.8 Å². The third-order valence-electron chi connectivity index (χ3n) is 4.74. The fourth-order valence-corrected chi connectivity index (χ4v) is 4.98. The minimum absolute atomic E-state index is 0.149. The van der Waals surface area contributed by atoms with Gasteiger partial charge in [0.25, 0.3) is 5.91 Å². The van der Waals surface area contributed by atoms with Gasteiger partial charge in [0.2, 0.25) is 0 Å². The summed E-state index contributed by atoms with van der Waals surface area (Å²) < 4.78 is 10.8. The SMILES string of the molecule is CCOC(=O)c1c(NC(=O)COc2ccc(Cl)cc2C)sc2c1CCC(C)C2. The molecule has 2 aromatic rings. The summed E-state index contributed by atoms with van der Waals surface area (Å²) in [5.41, 5.74) is 2.38. The van der Waals surface area contributed by atoms with Gasteiger partial charge in [0.1, 0.15) is 10.8 Å². The molecule has 0 bridgehead atoms. The first-order chi connectivity index (χ1) is 13.4. The average molecular weight is 422 g/mol. The van der Waals surface area contributed by atoms with Crippen LogP contribution in [0, 0.1) is 12.8 Å². The van der Waals surface area contributed by atoms with E-state index in [1.54, 1.807) is 25.1 Å². The van der Waals surface area contributed by atoms with Crippen LogP contribution in [0.2, 0.25) is 5.02 Å². The summed E-state index contributed by atoms with van der Waals surface area (Å²) >= 11 is 7.41. The van der Waals surface area contributed by atoms with Crippen LogP contribution in [0.1, 0.15) is 46.6 Å². The van der Waals surface area contributed by atoms with Gasteiger partial charge in [-0.25, -0.2) is 4.79 Å². The number of ether oxygens (including phenoxy) is 2. The van der Waals surface area contributed by atoms with Crippen molar-refractivity contribution >= 4 is 39.8 Å². The minimum Gasteiger partial charge on any atom is -0.483 e. The number of anilines is 1. The van der Waals surface area contributed by atoms with Crippen LogP contribution in [0.25, 0.3) is 0 Å². The molecule has 0 fully saturated rings. The van der Waals surface area contributed by atoms with Gasteiger partial charge in [-0.2, -0.15) is 0 Å². The molecule has 1 atom stereocenters. The summed E-state index contributed by atoms with van der Waals surface area (Å²) in [5, 5.41) is 4.02. The summed E-state index contributed by atoms with van der Waals surface area (Å²) in [6, 6.07) is 5.23. The predicted octanol–water partition coefficient (Wildman–Crippen LogP) is 5.03. The molecular weight excluding hydrogens is 398 g/mol. The molecule has 1 aliphatic rings. The highest BCUT2D eigenvalue weighted by Crippen LogP contribution is 2.40. The summed E-state index contributed by atoms with van der Waals surface area (Å²) in [7, 11) is 0. The van der Waals surface area contributed by atoms with Crippen LogP contribution < -0.4 is 10.1 Å². The molecular formula is C21H24ClNO4S. The van der Waals surface area contributed by atoms with E-state index in [1.165, 1.54) is 11.3 Å². The molecule has 1 aliphatic carbocycles. The molecule has 1 amide bonds. The molecule has 0 spiro atoms. The number of carbonyl (C=O) groups is 2. The normalized spacial score (nSPS) is 15.6. The highest BCUT2D eigenvalue weighted by atomic mass is 35.5. The van der Waals surface area contributed by atoms with E-state index in [4.69, 9.17) is 21.1 Å². The van der Waals surface area contributed by atoms with Crippen LogP contribution in [-0.4, -0.2) is 25.1 Å². The molecule has 1 aromatic carbocycles. The zero-order valence-electron chi connectivity index (χ0n) is 16.3. The van der Waals surface area contributed by atoms with Gasteiger partial charge < -0.3 is 14.8 Å². The minimum atomic E-state index is -0.376. The molecule has 28 heavy (non-hydrogen) atoms. The van der Waals surface area contributed by atoms with Gasteiger partial charge in [-0.05, 0) is 68.4 Å². The first kappa shape index (κ1) is 20.7. The van der Waals surface area contributed by atoms with Crippen molar-refractivity contribution in [2.45, 2.75) is 40.0 Å². The second-order valence-electron chi connectivity index (χ2n) is 7.02.